The molecule has 0 heterocycles. The fourth-order valence-electron chi connectivity index (χ4n) is 2.10. The number of carbonyl (C=O) groups excluding carboxylic acids is 1. The van der Waals surface area contributed by atoms with Gasteiger partial charge in [0.25, 0.3) is 11.6 Å². The molecule has 0 saturated carbocycles. The number of nitrogens with one attached hydrogen (secondary N) is 1. The number of nitrogens with zero attached hydrogens (tertiary/aromatic N) is 1. The van der Waals surface area contributed by atoms with Crippen molar-refractivity contribution in [3.63, 3.8) is 0 Å². The summed E-state index contributed by atoms with van der Waals surface area (Å²) in [5.41, 5.74) is 0.785. The van der Waals surface area contributed by atoms with Gasteiger partial charge in [0.1, 0.15) is 11.5 Å². The smallest absolute Gasteiger partial charge is 0.271 e. The maximum atomic E-state index is 12.1. The van der Waals surface area contributed by atoms with E-state index in [2.05, 4.69) is 21.2 Å². The number of hydrogen-bond acceptors (Lipinski definition) is 5. The lowest BCUT2D eigenvalue weighted by Crippen LogP contribution is -2.21. The Kier molecular flexibility index (Phi) is 6.22. The van der Waals surface area contributed by atoms with E-state index in [1.165, 1.54) is 25.3 Å². The first kappa shape index (κ1) is 19.0. The molecule has 0 atom stereocenters. The number of carbonyl (C=O) groups is 1. The molecule has 132 valence electrons. The molecule has 0 saturated heterocycles. The number of nitro groups is 1. The van der Waals surface area contributed by atoms with Crippen molar-refractivity contribution in [2.45, 2.75) is 6.92 Å². The van der Waals surface area contributed by atoms with E-state index in [-0.39, 0.29) is 18.0 Å². The number of rotatable bonds is 6. The summed E-state index contributed by atoms with van der Waals surface area (Å²) in [6, 6.07) is 7.38. The fourth-order valence-corrected chi connectivity index (χ4v) is 3.13. The second-order valence-corrected chi connectivity index (χ2v) is 6.34. The van der Waals surface area contributed by atoms with Gasteiger partial charge in [-0.2, -0.15) is 0 Å². The molecule has 25 heavy (non-hydrogen) atoms. The highest BCUT2D eigenvalue weighted by molar-refractivity contribution is 9.10. The Balaban J connectivity index is 2.11. The Morgan fingerprint density at radius 1 is 1.36 bits per heavy atom. The average Bonchev–Trinajstić information content (AvgIpc) is 2.53. The van der Waals surface area contributed by atoms with Gasteiger partial charge in [-0.1, -0.05) is 27.5 Å². The van der Waals surface area contributed by atoms with Gasteiger partial charge in [0.15, 0.2) is 6.61 Å². The molecule has 0 fully saturated rings. The van der Waals surface area contributed by atoms with Crippen LogP contribution >= 0.6 is 27.5 Å². The van der Waals surface area contributed by atoms with Crippen molar-refractivity contribution in [2.75, 3.05) is 19.0 Å². The summed E-state index contributed by atoms with van der Waals surface area (Å²) >= 11 is 9.42. The maximum Gasteiger partial charge on any atom is 0.271 e. The van der Waals surface area contributed by atoms with Crippen molar-refractivity contribution in [1.29, 1.82) is 0 Å². The van der Waals surface area contributed by atoms with Gasteiger partial charge in [-0.15, -0.1) is 0 Å². The Bertz CT molecular complexity index is 805. The molecule has 0 aliphatic heterocycles. The van der Waals surface area contributed by atoms with E-state index in [0.29, 0.717) is 16.5 Å². The lowest BCUT2D eigenvalue weighted by Gasteiger charge is -2.13. The highest BCUT2D eigenvalue weighted by Crippen LogP contribution is 2.32. The van der Waals surface area contributed by atoms with Gasteiger partial charge in [0, 0.05) is 16.6 Å². The number of aryl methyl sites for hydroxylation is 1. The first-order valence-corrected chi connectivity index (χ1v) is 8.19. The molecule has 0 aromatic heterocycles. The van der Waals surface area contributed by atoms with E-state index < -0.39 is 10.8 Å². The predicted octanol–water partition coefficient (Wildman–Crippen LogP) is 4.35. The molecule has 1 amide bonds. The zero-order chi connectivity index (χ0) is 18.6. The minimum Gasteiger partial charge on any atom is -0.495 e. The summed E-state index contributed by atoms with van der Waals surface area (Å²) in [6.07, 6.45) is 0. The van der Waals surface area contributed by atoms with Crippen LogP contribution in [-0.2, 0) is 4.79 Å². The molecule has 9 heteroatoms. The summed E-state index contributed by atoms with van der Waals surface area (Å²) in [7, 11) is 1.40. The van der Waals surface area contributed by atoms with Crippen LogP contribution in [-0.4, -0.2) is 24.5 Å². The first-order valence-electron chi connectivity index (χ1n) is 7.02. The second-order valence-electron chi connectivity index (χ2n) is 5.01. The van der Waals surface area contributed by atoms with E-state index in [9.17, 15) is 14.9 Å². The third-order valence-electron chi connectivity index (χ3n) is 3.21. The quantitative estimate of drug-likeness (QED) is 0.545. The van der Waals surface area contributed by atoms with Crippen LogP contribution in [0.15, 0.2) is 34.8 Å². The molecule has 2 aromatic carbocycles. The number of hydrogen-bond donors (Lipinski definition) is 1. The van der Waals surface area contributed by atoms with Crippen LogP contribution in [0.5, 0.6) is 11.5 Å². The molecule has 7 nitrogen and oxygen atoms in total. The summed E-state index contributed by atoms with van der Waals surface area (Å²) in [5, 5.41) is 13.8. The molecule has 1 N–H and O–H groups in total. The Hall–Kier alpha value is -2.32. The Labute approximate surface area is 157 Å². The van der Waals surface area contributed by atoms with Gasteiger partial charge >= 0.3 is 0 Å². The molecule has 0 bridgehead atoms. The highest BCUT2D eigenvalue weighted by Gasteiger charge is 2.15. The van der Waals surface area contributed by atoms with Crippen molar-refractivity contribution in [1.82, 2.24) is 0 Å². The Morgan fingerprint density at radius 2 is 2.08 bits per heavy atom. The summed E-state index contributed by atoms with van der Waals surface area (Å²) in [5.74, 6) is 0.194. The van der Waals surface area contributed by atoms with Crippen LogP contribution in [0.4, 0.5) is 11.4 Å². The zero-order valence-electron chi connectivity index (χ0n) is 13.3. The number of anilines is 1. The van der Waals surface area contributed by atoms with Gasteiger partial charge < -0.3 is 14.8 Å². The summed E-state index contributed by atoms with van der Waals surface area (Å²) in [6.45, 7) is 1.49. The minimum atomic E-state index is -0.559. The number of amides is 1. The maximum absolute atomic E-state index is 12.1. The molecular weight excluding hydrogens is 416 g/mol. The molecule has 0 radical (unpaired) electrons. The van der Waals surface area contributed by atoms with E-state index in [0.717, 1.165) is 10.0 Å². The normalized spacial score (nSPS) is 10.2. The lowest BCUT2D eigenvalue weighted by molar-refractivity contribution is -0.384. The molecule has 0 spiro atoms. The van der Waals surface area contributed by atoms with Crippen LogP contribution < -0.4 is 14.8 Å². The Morgan fingerprint density at radius 3 is 2.68 bits per heavy atom. The SMILES string of the molecule is COc1ccc([N+](=O)[O-])cc1NC(=O)COc1c(C)cc(Br)cc1Cl. The van der Waals surface area contributed by atoms with Crippen LogP contribution in [0.25, 0.3) is 0 Å². The molecule has 0 aliphatic rings. The van der Waals surface area contributed by atoms with Crippen molar-refractivity contribution in [2.24, 2.45) is 0 Å². The van der Waals surface area contributed by atoms with Gasteiger partial charge in [-0.25, -0.2) is 0 Å². The molecular formula is C16H14BrClN2O5. The third kappa shape index (κ3) is 4.83. The number of halogens is 2. The molecule has 2 aromatic rings. The van der Waals surface area contributed by atoms with Gasteiger partial charge in [-0.05, 0) is 30.7 Å². The number of benzene rings is 2. The van der Waals surface area contributed by atoms with Crippen molar-refractivity contribution in [3.05, 3.63) is 55.5 Å². The van der Waals surface area contributed by atoms with E-state index >= 15 is 0 Å². The average molecular weight is 430 g/mol. The van der Waals surface area contributed by atoms with Crippen molar-refractivity contribution >= 4 is 44.8 Å². The largest absolute Gasteiger partial charge is 0.495 e. The van der Waals surface area contributed by atoms with Gasteiger partial charge in [0.05, 0.1) is 22.7 Å². The topological polar surface area (TPSA) is 90.7 Å². The minimum absolute atomic E-state index is 0.163. The van der Waals surface area contributed by atoms with Crippen LogP contribution in [0.3, 0.4) is 0 Å². The molecule has 0 aliphatic carbocycles. The zero-order valence-corrected chi connectivity index (χ0v) is 15.7. The van der Waals surface area contributed by atoms with E-state index in [4.69, 9.17) is 21.1 Å². The summed E-state index contributed by atoms with van der Waals surface area (Å²) in [4.78, 5) is 22.4. The third-order valence-corrected chi connectivity index (χ3v) is 3.95. The molecule has 2 rings (SSSR count). The fraction of sp³-hybridized carbons (Fsp3) is 0.188. The van der Waals surface area contributed by atoms with Crippen molar-refractivity contribution in [3.8, 4) is 11.5 Å². The van der Waals surface area contributed by atoms with Gasteiger partial charge in [-0.3, -0.25) is 14.9 Å². The first-order chi connectivity index (χ1) is 11.8. The predicted molar refractivity (Wildman–Crippen MR) is 97.7 cm³/mol. The van der Waals surface area contributed by atoms with Gasteiger partial charge in [0.2, 0.25) is 0 Å². The number of non-ortho nitro benzene ring substituents is 1. The monoisotopic (exact) mass is 428 g/mol. The standard InChI is InChI=1S/C16H14BrClN2O5/c1-9-5-10(17)6-12(18)16(9)25-8-15(21)19-13-7-11(20(22)23)3-4-14(13)24-2/h3-7H,8H2,1-2H3,(H,19,21). The van der Waals surface area contributed by atoms with E-state index in [1.807, 2.05) is 6.07 Å². The highest BCUT2D eigenvalue weighted by atomic mass is 79.9. The number of ether oxygens (including phenoxy) is 2. The van der Waals surface area contributed by atoms with Crippen LogP contribution in [0.2, 0.25) is 5.02 Å². The molecule has 0 unspecified atom stereocenters. The van der Waals surface area contributed by atoms with Crippen LogP contribution in [0.1, 0.15) is 5.56 Å². The number of nitro benzene ring substituents is 1. The number of methoxy groups -OCH3 is 1. The van der Waals surface area contributed by atoms with E-state index in [1.54, 1.807) is 13.0 Å². The summed E-state index contributed by atoms with van der Waals surface area (Å²) < 4.78 is 11.4. The van der Waals surface area contributed by atoms with Crippen molar-refractivity contribution < 1.29 is 19.2 Å². The second kappa shape index (κ2) is 8.17. The van der Waals surface area contributed by atoms with Crippen LogP contribution in [0, 0.1) is 17.0 Å². The lowest BCUT2D eigenvalue weighted by atomic mass is 10.2.